The third-order valence-corrected chi connectivity index (χ3v) is 6.00. The van der Waals surface area contributed by atoms with Crippen molar-refractivity contribution in [2.24, 2.45) is 5.41 Å². The number of benzene rings is 1. The minimum absolute atomic E-state index is 0.0542. The Balaban J connectivity index is 1.75. The van der Waals surface area contributed by atoms with E-state index in [0.29, 0.717) is 6.10 Å². The third kappa shape index (κ3) is 4.11. The minimum Gasteiger partial charge on any atom is -0.497 e. The van der Waals surface area contributed by atoms with Crippen LogP contribution in [0.5, 0.6) is 5.75 Å². The maximum absolute atomic E-state index is 6.46. The molecule has 0 N–H and O–H groups in total. The predicted molar refractivity (Wildman–Crippen MR) is 104 cm³/mol. The molecule has 1 aromatic rings. The predicted octanol–water partition coefficient (Wildman–Crippen LogP) is 6.09. The second-order valence-electron chi connectivity index (χ2n) is 8.96. The first-order valence-corrected chi connectivity index (χ1v) is 9.84. The van der Waals surface area contributed by atoms with Crippen molar-refractivity contribution in [1.82, 2.24) is 0 Å². The van der Waals surface area contributed by atoms with Crippen LogP contribution in [0.1, 0.15) is 71.8 Å². The van der Waals surface area contributed by atoms with Crippen LogP contribution >= 0.6 is 0 Å². The standard InChI is InChI=1S/C23H34O2/c1-22(2,3)25-21-14-13-20-18(9-7-15-23(20,21)4)12-11-17-8-6-10-19(16-17)24-5/h6,8,10,16,21H,7,9,11-15H2,1-5H3/t21-,23-/m0/s1. The maximum atomic E-state index is 6.46. The highest BCUT2D eigenvalue weighted by Gasteiger charge is 2.47. The second-order valence-corrected chi connectivity index (χ2v) is 8.96. The highest BCUT2D eigenvalue weighted by molar-refractivity contribution is 5.33. The molecule has 0 aromatic heterocycles. The molecule has 25 heavy (non-hydrogen) atoms. The van der Waals surface area contributed by atoms with Gasteiger partial charge in [0, 0.05) is 5.41 Å². The molecule has 1 aromatic carbocycles. The number of hydrogen-bond acceptors (Lipinski definition) is 2. The van der Waals surface area contributed by atoms with E-state index in [4.69, 9.17) is 9.47 Å². The van der Waals surface area contributed by atoms with Crippen molar-refractivity contribution in [2.45, 2.75) is 84.3 Å². The molecule has 0 radical (unpaired) electrons. The van der Waals surface area contributed by atoms with Gasteiger partial charge in [0.2, 0.25) is 0 Å². The fraction of sp³-hybridized carbons (Fsp3) is 0.652. The van der Waals surface area contributed by atoms with E-state index >= 15 is 0 Å². The minimum atomic E-state index is -0.0542. The molecule has 2 aliphatic carbocycles. The van der Waals surface area contributed by atoms with Crippen LogP contribution in [0.15, 0.2) is 35.4 Å². The third-order valence-electron chi connectivity index (χ3n) is 6.00. The molecule has 2 heteroatoms. The Labute approximate surface area is 153 Å². The lowest BCUT2D eigenvalue weighted by Crippen LogP contribution is -2.38. The van der Waals surface area contributed by atoms with Gasteiger partial charge in [-0.25, -0.2) is 0 Å². The molecule has 0 bridgehead atoms. The Kier molecular flexibility index (Phi) is 5.29. The van der Waals surface area contributed by atoms with E-state index in [-0.39, 0.29) is 11.0 Å². The summed E-state index contributed by atoms with van der Waals surface area (Å²) in [4.78, 5) is 0. The van der Waals surface area contributed by atoms with Crippen molar-refractivity contribution in [3.63, 3.8) is 0 Å². The summed E-state index contributed by atoms with van der Waals surface area (Å²) in [6, 6.07) is 8.51. The Morgan fingerprint density at radius 2 is 1.96 bits per heavy atom. The molecule has 2 atom stereocenters. The summed E-state index contributed by atoms with van der Waals surface area (Å²) in [5, 5.41) is 0. The second kappa shape index (κ2) is 7.15. The normalized spacial score (nSPS) is 26.7. The van der Waals surface area contributed by atoms with Crippen LogP contribution in [0.4, 0.5) is 0 Å². The summed E-state index contributed by atoms with van der Waals surface area (Å²) >= 11 is 0. The van der Waals surface area contributed by atoms with E-state index in [9.17, 15) is 0 Å². The van der Waals surface area contributed by atoms with Crippen molar-refractivity contribution in [3.8, 4) is 5.75 Å². The molecule has 0 saturated heterocycles. The molecular formula is C23H34O2. The van der Waals surface area contributed by atoms with Crippen LogP contribution in [0.3, 0.4) is 0 Å². The van der Waals surface area contributed by atoms with Gasteiger partial charge in [-0.1, -0.05) is 30.2 Å². The average Bonchev–Trinajstić information content (AvgIpc) is 2.88. The van der Waals surface area contributed by atoms with Crippen LogP contribution in [-0.4, -0.2) is 18.8 Å². The molecule has 0 amide bonds. The molecule has 138 valence electrons. The van der Waals surface area contributed by atoms with Gasteiger partial charge in [0.05, 0.1) is 18.8 Å². The summed E-state index contributed by atoms with van der Waals surface area (Å²) in [6.07, 6.45) is 8.95. The molecule has 0 aliphatic heterocycles. The van der Waals surface area contributed by atoms with Gasteiger partial charge >= 0.3 is 0 Å². The molecule has 3 rings (SSSR count). The zero-order valence-electron chi connectivity index (χ0n) is 16.7. The monoisotopic (exact) mass is 342 g/mol. The van der Waals surface area contributed by atoms with Gasteiger partial charge in [-0.2, -0.15) is 0 Å². The fourth-order valence-electron chi connectivity index (χ4n) is 4.80. The number of aryl methyl sites for hydroxylation is 1. The van der Waals surface area contributed by atoms with E-state index in [2.05, 4.69) is 45.9 Å². The van der Waals surface area contributed by atoms with Crippen molar-refractivity contribution in [1.29, 1.82) is 0 Å². The van der Waals surface area contributed by atoms with Crippen molar-refractivity contribution < 1.29 is 9.47 Å². The van der Waals surface area contributed by atoms with Crippen LogP contribution in [0.25, 0.3) is 0 Å². The summed E-state index contributed by atoms with van der Waals surface area (Å²) < 4.78 is 11.8. The number of allylic oxidation sites excluding steroid dienone is 1. The first kappa shape index (κ1) is 18.5. The van der Waals surface area contributed by atoms with Crippen molar-refractivity contribution in [3.05, 3.63) is 41.0 Å². The SMILES string of the molecule is COc1cccc(CCC2=C3CC[C@H](OC(C)(C)C)[C@@]3(C)CCC2)c1. The molecular weight excluding hydrogens is 308 g/mol. The van der Waals surface area contributed by atoms with Crippen molar-refractivity contribution in [2.75, 3.05) is 7.11 Å². The number of hydrogen-bond donors (Lipinski definition) is 0. The summed E-state index contributed by atoms with van der Waals surface area (Å²) in [7, 11) is 1.74. The lowest BCUT2D eigenvalue weighted by molar-refractivity contribution is -0.0974. The molecule has 0 spiro atoms. The Bertz CT molecular complexity index is 638. The maximum Gasteiger partial charge on any atom is 0.119 e. The quantitative estimate of drug-likeness (QED) is 0.603. The van der Waals surface area contributed by atoms with E-state index in [1.807, 2.05) is 6.07 Å². The first-order valence-electron chi connectivity index (χ1n) is 9.84. The smallest absolute Gasteiger partial charge is 0.119 e. The molecule has 2 aliphatic rings. The topological polar surface area (TPSA) is 18.5 Å². The Hall–Kier alpha value is -1.28. The summed E-state index contributed by atoms with van der Waals surface area (Å²) in [5.74, 6) is 0.961. The number of fused-ring (bicyclic) bond motifs is 1. The Morgan fingerprint density at radius 1 is 1.16 bits per heavy atom. The van der Waals surface area contributed by atoms with Gasteiger partial charge in [-0.3, -0.25) is 0 Å². The highest BCUT2D eigenvalue weighted by atomic mass is 16.5. The van der Waals surface area contributed by atoms with Crippen LogP contribution in [0.2, 0.25) is 0 Å². The van der Waals surface area contributed by atoms with E-state index < -0.39 is 0 Å². The number of ether oxygens (including phenoxy) is 2. The van der Waals surface area contributed by atoms with Gasteiger partial charge in [-0.05, 0) is 83.4 Å². The molecule has 1 fully saturated rings. The van der Waals surface area contributed by atoms with Gasteiger partial charge in [0.1, 0.15) is 5.75 Å². The lowest BCUT2D eigenvalue weighted by atomic mass is 9.70. The van der Waals surface area contributed by atoms with Gasteiger partial charge in [0.15, 0.2) is 0 Å². The van der Waals surface area contributed by atoms with E-state index in [1.165, 1.54) is 44.1 Å². The van der Waals surface area contributed by atoms with Crippen molar-refractivity contribution >= 4 is 0 Å². The molecule has 0 heterocycles. The fourth-order valence-corrected chi connectivity index (χ4v) is 4.80. The molecule has 0 unspecified atom stereocenters. The van der Waals surface area contributed by atoms with Gasteiger partial charge in [-0.15, -0.1) is 0 Å². The van der Waals surface area contributed by atoms with Gasteiger partial charge in [0.25, 0.3) is 0 Å². The zero-order chi connectivity index (χ0) is 18.1. The summed E-state index contributed by atoms with van der Waals surface area (Å²) in [6.45, 7) is 9.01. The molecule has 1 saturated carbocycles. The van der Waals surface area contributed by atoms with Crippen LogP contribution < -0.4 is 4.74 Å². The lowest BCUT2D eigenvalue weighted by Gasteiger charge is -2.40. The first-order chi connectivity index (χ1) is 11.8. The van der Waals surface area contributed by atoms with E-state index in [0.717, 1.165) is 12.2 Å². The highest BCUT2D eigenvalue weighted by Crippen LogP contribution is 2.54. The van der Waals surface area contributed by atoms with Crippen LogP contribution in [0, 0.1) is 5.41 Å². The Morgan fingerprint density at radius 3 is 2.68 bits per heavy atom. The number of rotatable bonds is 5. The largest absolute Gasteiger partial charge is 0.497 e. The van der Waals surface area contributed by atoms with E-state index in [1.54, 1.807) is 18.3 Å². The zero-order valence-corrected chi connectivity index (χ0v) is 16.7. The van der Waals surface area contributed by atoms with Crippen LogP contribution in [-0.2, 0) is 11.2 Å². The average molecular weight is 343 g/mol. The molecule has 2 nitrogen and oxygen atoms in total. The van der Waals surface area contributed by atoms with Gasteiger partial charge < -0.3 is 9.47 Å². The number of methoxy groups -OCH3 is 1. The summed E-state index contributed by atoms with van der Waals surface area (Å²) in [5.41, 5.74) is 5.00.